The fourth-order valence-corrected chi connectivity index (χ4v) is 3.60. The predicted octanol–water partition coefficient (Wildman–Crippen LogP) is 3.93. The van der Waals surface area contributed by atoms with Crippen LogP contribution in [0.2, 0.25) is 0 Å². The van der Waals surface area contributed by atoms with Gasteiger partial charge in [0.2, 0.25) is 0 Å². The Bertz CT molecular complexity index is 675. The van der Waals surface area contributed by atoms with E-state index in [1.807, 2.05) is 24.5 Å². The summed E-state index contributed by atoms with van der Waals surface area (Å²) in [4.78, 5) is 7.09. The molecular formula is C21H29N3O. The smallest absolute Gasteiger partial charge is 0.118 e. The number of likely N-dealkylation sites (tertiary alicyclic amines) is 1. The van der Waals surface area contributed by atoms with E-state index in [9.17, 15) is 0 Å². The highest BCUT2D eigenvalue weighted by atomic mass is 16.5. The molecular weight excluding hydrogens is 310 g/mol. The topological polar surface area (TPSA) is 30.3 Å². The summed E-state index contributed by atoms with van der Waals surface area (Å²) in [5, 5.41) is 0. The fourth-order valence-electron chi connectivity index (χ4n) is 3.60. The molecule has 1 aliphatic rings. The molecule has 3 rings (SSSR count). The maximum absolute atomic E-state index is 5.21. The number of benzene rings is 1. The van der Waals surface area contributed by atoms with E-state index in [2.05, 4.69) is 45.8 Å². The Morgan fingerprint density at radius 2 is 2.08 bits per heavy atom. The van der Waals surface area contributed by atoms with Crippen molar-refractivity contribution in [2.45, 2.75) is 38.1 Å². The van der Waals surface area contributed by atoms with Gasteiger partial charge in [-0.3, -0.25) is 4.90 Å². The summed E-state index contributed by atoms with van der Waals surface area (Å²) >= 11 is 0. The van der Waals surface area contributed by atoms with Gasteiger partial charge in [-0.25, -0.2) is 4.98 Å². The van der Waals surface area contributed by atoms with Crippen molar-refractivity contribution in [1.82, 2.24) is 14.5 Å². The van der Waals surface area contributed by atoms with Gasteiger partial charge in [-0.2, -0.15) is 0 Å². The third-order valence-electron chi connectivity index (χ3n) is 5.14. The molecule has 0 aliphatic carbocycles. The van der Waals surface area contributed by atoms with E-state index in [0.29, 0.717) is 6.04 Å². The molecule has 2 aromatic rings. The standard InChI is InChI=1S/C21H29N3O/c1-23-17-14-22-21(23)13-10-19-7-3-4-15-24(19)16-5-6-18-8-11-20(25-2)12-9-18/h5-6,8-9,11-12,14,17,19H,3-4,7,10,13,15-16H2,1-2H3/b6-5+. The Kier molecular flexibility index (Phi) is 6.29. The lowest BCUT2D eigenvalue weighted by atomic mass is 9.97. The molecule has 1 fully saturated rings. The fraction of sp³-hybridized carbons (Fsp3) is 0.476. The van der Waals surface area contributed by atoms with Crippen molar-refractivity contribution in [2.24, 2.45) is 7.05 Å². The molecule has 1 aromatic heterocycles. The van der Waals surface area contributed by atoms with Crippen molar-refractivity contribution in [3.8, 4) is 5.75 Å². The summed E-state index contributed by atoms with van der Waals surface area (Å²) in [6.07, 6.45) is 14.7. The molecule has 0 spiro atoms. The van der Waals surface area contributed by atoms with Crippen LogP contribution in [0.1, 0.15) is 37.1 Å². The van der Waals surface area contributed by atoms with Crippen LogP contribution in [0.3, 0.4) is 0 Å². The largest absolute Gasteiger partial charge is 0.497 e. The average Bonchev–Trinajstić information content (AvgIpc) is 3.06. The summed E-state index contributed by atoms with van der Waals surface area (Å²) < 4.78 is 7.35. The number of hydrogen-bond donors (Lipinski definition) is 0. The van der Waals surface area contributed by atoms with Crippen molar-refractivity contribution in [2.75, 3.05) is 20.2 Å². The van der Waals surface area contributed by atoms with Gasteiger partial charge in [0.05, 0.1) is 7.11 Å². The molecule has 1 atom stereocenters. The van der Waals surface area contributed by atoms with E-state index in [1.165, 1.54) is 43.6 Å². The van der Waals surface area contributed by atoms with Crippen molar-refractivity contribution in [3.05, 3.63) is 54.1 Å². The van der Waals surface area contributed by atoms with Crippen molar-refractivity contribution in [1.29, 1.82) is 0 Å². The van der Waals surface area contributed by atoms with Gasteiger partial charge in [0.1, 0.15) is 11.6 Å². The van der Waals surface area contributed by atoms with Crippen LogP contribution in [0.15, 0.2) is 42.7 Å². The zero-order chi connectivity index (χ0) is 17.5. The Morgan fingerprint density at radius 1 is 1.24 bits per heavy atom. The summed E-state index contributed by atoms with van der Waals surface area (Å²) in [6.45, 7) is 2.23. The van der Waals surface area contributed by atoms with Crippen LogP contribution in [-0.2, 0) is 13.5 Å². The third kappa shape index (κ3) is 4.95. The second-order valence-electron chi connectivity index (χ2n) is 6.81. The molecule has 1 aliphatic heterocycles. The van der Waals surface area contributed by atoms with Gasteiger partial charge in [-0.15, -0.1) is 0 Å². The minimum absolute atomic E-state index is 0.672. The number of aromatic nitrogens is 2. The maximum Gasteiger partial charge on any atom is 0.118 e. The quantitative estimate of drug-likeness (QED) is 0.766. The average molecular weight is 339 g/mol. The summed E-state index contributed by atoms with van der Waals surface area (Å²) in [7, 11) is 3.78. The first-order valence-corrected chi connectivity index (χ1v) is 9.27. The van der Waals surface area contributed by atoms with Gasteiger partial charge in [0.25, 0.3) is 0 Å². The van der Waals surface area contributed by atoms with Crippen LogP contribution < -0.4 is 4.74 Å². The van der Waals surface area contributed by atoms with Crippen LogP contribution in [0.4, 0.5) is 0 Å². The van der Waals surface area contributed by atoms with Crippen molar-refractivity contribution < 1.29 is 4.74 Å². The highest BCUT2D eigenvalue weighted by Crippen LogP contribution is 2.21. The number of nitrogens with zero attached hydrogens (tertiary/aromatic N) is 3. The lowest BCUT2D eigenvalue weighted by Crippen LogP contribution is -2.39. The van der Waals surface area contributed by atoms with Crippen molar-refractivity contribution in [3.63, 3.8) is 0 Å². The van der Waals surface area contributed by atoms with E-state index in [0.717, 1.165) is 18.7 Å². The number of aryl methyl sites for hydroxylation is 2. The van der Waals surface area contributed by atoms with Gasteiger partial charge >= 0.3 is 0 Å². The van der Waals surface area contributed by atoms with Crippen LogP contribution in [-0.4, -0.2) is 40.7 Å². The minimum atomic E-state index is 0.672. The van der Waals surface area contributed by atoms with Gasteiger partial charge in [-0.05, 0) is 43.5 Å². The van der Waals surface area contributed by atoms with E-state index < -0.39 is 0 Å². The molecule has 4 heteroatoms. The molecule has 1 aromatic carbocycles. The van der Waals surface area contributed by atoms with Gasteiger partial charge < -0.3 is 9.30 Å². The molecule has 1 saturated heterocycles. The van der Waals surface area contributed by atoms with E-state index in [1.54, 1.807) is 7.11 Å². The Balaban J connectivity index is 1.53. The molecule has 0 bridgehead atoms. The molecule has 25 heavy (non-hydrogen) atoms. The molecule has 0 amide bonds. The third-order valence-corrected chi connectivity index (χ3v) is 5.14. The first kappa shape index (κ1) is 17.7. The Labute approximate surface area is 151 Å². The normalized spacial score (nSPS) is 18.7. The lowest BCUT2D eigenvalue weighted by Gasteiger charge is -2.35. The zero-order valence-corrected chi connectivity index (χ0v) is 15.4. The second kappa shape index (κ2) is 8.86. The molecule has 0 radical (unpaired) electrons. The first-order valence-electron chi connectivity index (χ1n) is 9.27. The maximum atomic E-state index is 5.21. The number of piperidine rings is 1. The van der Waals surface area contributed by atoms with Crippen molar-refractivity contribution >= 4 is 6.08 Å². The number of methoxy groups -OCH3 is 1. The zero-order valence-electron chi connectivity index (χ0n) is 15.4. The van der Waals surface area contributed by atoms with E-state index >= 15 is 0 Å². The number of rotatable bonds is 7. The van der Waals surface area contributed by atoms with Gasteiger partial charge in [0, 0.05) is 38.4 Å². The lowest BCUT2D eigenvalue weighted by molar-refractivity contribution is 0.156. The van der Waals surface area contributed by atoms with E-state index in [-0.39, 0.29) is 0 Å². The molecule has 134 valence electrons. The SMILES string of the molecule is COc1ccc(/C=C/CN2CCCCC2CCc2nccn2C)cc1. The minimum Gasteiger partial charge on any atom is -0.497 e. The van der Waals surface area contributed by atoms with E-state index in [4.69, 9.17) is 4.74 Å². The molecule has 4 nitrogen and oxygen atoms in total. The molecule has 0 saturated carbocycles. The van der Waals surface area contributed by atoms with Crippen LogP contribution in [0.5, 0.6) is 5.75 Å². The highest BCUT2D eigenvalue weighted by molar-refractivity contribution is 5.50. The number of ether oxygens (including phenoxy) is 1. The summed E-state index contributed by atoms with van der Waals surface area (Å²) in [5.41, 5.74) is 1.22. The number of hydrogen-bond acceptors (Lipinski definition) is 3. The summed E-state index contributed by atoms with van der Waals surface area (Å²) in [6, 6.07) is 8.90. The Morgan fingerprint density at radius 3 is 2.80 bits per heavy atom. The van der Waals surface area contributed by atoms with Crippen LogP contribution >= 0.6 is 0 Å². The monoisotopic (exact) mass is 339 g/mol. The highest BCUT2D eigenvalue weighted by Gasteiger charge is 2.21. The second-order valence-corrected chi connectivity index (χ2v) is 6.81. The predicted molar refractivity (Wildman–Crippen MR) is 103 cm³/mol. The Hall–Kier alpha value is -2.07. The first-order chi connectivity index (χ1) is 12.3. The molecule has 0 N–H and O–H groups in total. The van der Waals surface area contributed by atoms with Gasteiger partial charge in [0.15, 0.2) is 0 Å². The molecule has 2 heterocycles. The van der Waals surface area contributed by atoms with Gasteiger partial charge in [-0.1, -0.05) is 30.7 Å². The van der Waals surface area contributed by atoms with Crippen LogP contribution in [0.25, 0.3) is 6.08 Å². The number of imidazole rings is 1. The summed E-state index contributed by atoms with van der Waals surface area (Å²) in [5.74, 6) is 2.10. The van der Waals surface area contributed by atoms with Crippen LogP contribution in [0, 0.1) is 0 Å². The molecule has 1 unspecified atom stereocenters.